The number of carboxylic acid groups (broad SMARTS) is 1. The molecule has 3 rings (SSSR count). The molecule has 1 saturated heterocycles. The Morgan fingerprint density at radius 3 is 2.46 bits per heavy atom. The Kier molecular flexibility index (Phi) is 11.4. The number of carbonyl (C=O) groups is 2. The van der Waals surface area contributed by atoms with Gasteiger partial charge in [-0.25, -0.2) is 13.1 Å². The van der Waals surface area contributed by atoms with Crippen molar-refractivity contribution < 1.29 is 32.6 Å². The van der Waals surface area contributed by atoms with Crippen molar-refractivity contribution in [3.8, 4) is 11.5 Å². The van der Waals surface area contributed by atoms with Crippen LogP contribution in [0.1, 0.15) is 50.5 Å². The van der Waals surface area contributed by atoms with Gasteiger partial charge in [0.15, 0.2) is 11.5 Å². The molecule has 2 N–H and O–H groups in total. The topological polar surface area (TPSA) is 129 Å². The van der Waals surface area contributed by atoms with Crippen LogP contribution < -0.4 is 14.2 Å². The van der Waals surface area contributed by atoms with Gasteiger partial charge < -0.3 is 24.4 Å². The summed E-state index contributed by atoms with van der Waals surface area (Å²) in [7, 11) is 0.624. The second kappa shape index (κ2) is 14.3. The van der Waals surface area contributed by atoms with Gasteiger partial charge in [0.05, 0.1) is 18.7 Å². The zero-order valence-electron chi connectivity index (χ0n) is 23.6. The maximum Gasteiger partial charge on any atom is 0.308 e. The predicted molar refractivity (Wildman–Crippen MR) is 149 cm³/mol. The summed E-state index contributed by atoms with van der Waals surface area (Å²) in [4.78, 5) is 32.1. The lowest BCUT2D eigenvalue weighted by Gasteiger charge is -2.30. The van der Waals surface area contributed by atoms with Gasteiger partial charge in [0.25, 0.3) is 0 Å². The van der Waals surface area contributed by atoms with Crippen LogP contribution in [0.25, 0.3) is 0 Å². The molecule has 3 atom stereocenters. The van der Waals surface area contributed by atoms with Crippen molar-refractivity contribution in [1.82, 2.24) is 19.4 Å². The molecule has 0 spiro atoms. The second-order valence-electron chi connectivity index (χ2n) is 10.8. The SMILES string of the molecule is CCCCN(CCCCN(C)C)C(=O)CN1C[C@H](c2ccc3c(c2)OCO3)C(C(=O)O)[C@@H]1CCNS(C)(=O)=O. The summed E-state index contributed by atoms with van der Waals surface area (Å²) in [5.41, 5.74) is 0.800. The van der Waals surface area contributed by atoms with E-state index in [1.54, 1.807) is 6.07 Å². The number of sulfonamides is 1. The van der Waals surface area contributed by atoms with E-state index in [1.807, 2.05) is 36.0 Å². The molecule has 2 heterocycles. The maximum atomic E-state index is 13.6. The van der Waals surface area contributed by atoms with Gasteiger partial charge in [0, 0.05) is 38.1 Å². The molecule has 39 heavy (non-hydrogen) atoms. The molecule has 1 unspecified atom stereocenters. The molecule has 0 aliphatic carbocycles. The molecular formula is C27H44N4O7S. The molecule has 1 aromatic carbocycles. The summed E-state index contributed by atoms with van der Waals surface area (Å²) in [6, 6.07) is 4.94. The number of unbranched alkanes of at least 4 members (excludes halogenated alkanes) is 2. The van der Waals surface area contributed by atoms with Crippen LogP contribution in [0.2, 0.25) is 0 Å². The number of carboxylic acids is 1. The minimum absolute atomic E-state index is 0.0233. The highest BCUT2D eigenvalue weighted by molar-refractivity contribution is 7.88. The van der Waals surface area contributed by atoms with E-state index in [4.69, 9.17) is 9.47 Å². The first-order valence-corrected chi connectivity index (χ1v) is 15.6. The van der Waals surface area contributed by atoms with Crippen LogP contribution >= 0.6 is 0 Å². The van der Waals surface area contributed by atoms with Crippen molar-refractivity contribution in [2.45, 2.75) is 51.0 Å². The van der Waals surface area contributed by atoms with Crippen molar-refractivity contribution >= 4 is 21.9 Å². The molecule has 220 valence electrons. The number of aliphatic carboxylic acids is 1. The van der Waals surface area contributed by atoms with E-state index < -0.39 is 33.9 Å². The number of rotatable bonds is 16. The minimum atomic E-state index is -3.43. The monoisotopic (exact) mass is 568 g/mol. The highest BCUT2D eigenvalue weighted by Crippen LogP contribution is 2.42. The Labute approximate surface area is 232 Å². The number of fused-ring (bicyclic) bond motifs is 1. The van der Waals surface area contributed by atoms with Crippen LogP contribution in [0.5, 0.6) is 11.5 Å². The van der Waals surface area contributed by atoms with Crippen molar-refractivity contribution in [2.75, 3.05) is 66.4 Å². The molecule has 1 amide bonds. The largest absolute Gasteiger partial charge is 0.481 e. The van der Waals surface area contributed by atoms with E-state index in [0.29, 0.717) is 31.1 Å². The number of amides is 1. The number of nitrogens with zero attached hydrogens (tertiary/aromatic N) is 3. The zero-order chi connectivity index (χ0) is 28.6. The normalized spacial score (nSPS) is 21.0. The van der Waals surface area contributed by atoms with Crippen LogP contribution in [0.3, 0.4) is 0 Å². The highest BCUT2D eigenvalue weighted by atomic mass is 32.2. The standard InChI is InChI=1S/C27H44N4O7S/c1-5-6-14-30(15-8-7-13-29(2)3)25(32)18-31-17-21(20-9-10-23-24(16-20)38-19-37-23)26(27(33)34)22(31)11-12-28-39(4,35)36/h9-10,16,21-22,26,28H,5-8,11-15,17-19H2,1-4H3,(H,33,34)/t21-,22+,26?/m1/s1. The minimum Gasteiger partial charge on any atom is -0.481 e. The Morgan fingerprint density at radius 2 is 1.79 bits per heavy atom. The lowest BCUT2D eigenvalue weighted by Crippen LogP contribution is -2.45. The third-order valence-corrected chi connectivity index (χ3v) is 8.15. The second-order valence-corrected chi connectivity index (χ2v) is 12.6. The fourth-order valence-electron chi connectivity index (χ4n) is 5.44. The molecule has 2 aliphatic heterocycles. The first kappa shape index (κ1) is 31.1. The van der Waals surface area contributed by atoms with E-state index in [0.717, 1.165) is 44.0 Å². The lowest BCUT2D eigenvalue weighted by atomic mass is 9.84. The molecule has 0 saturated carbocycles. The molecule has 12 heteroatoms. The number of ether oxygens (including phenoxy) is 2. The molecule has 0 bridgehead atoms. The molecule has 2 aliphatic rings. The molecular weight excluding hydrogens is 524 g/mol. The van der Waals surface area contributed by atoms with Gasteiger partial charge in [-0.2, -0.15) is 0 Å². The van der Waals surface area contributed by atoms with Gasteiger partial charge in [-0.05, 0) is 64.0 Å². The molecule has 0 radical (unpaired) electrons. The molecule has 0 aromatic heterocycles. The summed E-state index contributed by atoms with van der Waals surface area (Å²) in [6.45, 7) is 5.04. The van der Waals surface area contributed by atoms with Crippen molar-refractivity contribution in [1.29, 1.82) is 0 Å². The number of likely N-dealkylation sites (tertiary alicyclic amines) is 1. The third kappa shape index (κ3) is 9.06. The average molecular weight is 569 g/mol. The number of nitrogens with one attached hydrogen (secondary N) is 1. The first-order chi connectivity index (χ1) is 18.5. The van der Waals surface area contributed by atoms with Crippen LogP contribution in [0.4, 0.5) is 0 Å². The number of benzene rings is 1. The molecule has 1 aromatic rings. The van der Waals surface area contributed by atoms with Gasteiger partial charge in [0.2, 0.25) is 22.7 Å². The van der Waals surface area contributed by atoms with Crippen LogP contribution in [-0.2, 0) is 19.6 Å². The van der Waals surface area contributed by atoms with E-state index in [-0.39, 0.29) is 32.2 Å². The lowest BCUT2D eigenvalue weighted by molar-refractivity contribution is -0.143. The number of hydrogen-bond donors (Lipinski definition) is 2. The van der Waals surface area contributed by atoms with Gasteiger partial charge in [-0.1, -0.05) is 19.4 Å². The van der Waals surface area contributed by atoms with Gasteiger partial charge in [0.1, 0.15) is 0 Å². The highest BCUT2D eigenvalue weighted by Gasteiger charge is 2.47. The van der Waals surface area contributed by atoms with E-state index in [2.05, 4.69) is 16.5 Å². The van der Waals surface area contributed by atoms with Crippen molar-refractivity contribution in [3.05, 3.63) is 23.8 Å². The quantitative estimate of drug-likeness (QED) is 0.287. The van der Waals surface area contributed by atoms with Gasteiger partial charge in [-0.15, -0.1) is 0 Å². The van der Waals surface area contributed by atoms with Crippen LogP contribution in [-0.4, -0.2) is 113 Å². The predicted octanol–water partition coefficient (Wildman–Crippen LogP) is 1.79. The third-order valence-electron chi connectivity index (χ3n) is 7.42. The average Bonchev–Trinajstić information content (AvgIpc) is 3.47. The Hall–Kier alpha value is -2.41. The summed E-state index contributed by atoms with van der Waals surface area (Å²) >= 11 is 0. The van der Waals surface area contributed by atoms with Crippen LogP contribution in [0, 0.1) is 5.92 Å². The zero-order valence-corrected chi connectivity index (χ0v) is 24.4. The van der Waals surface area contributed by atoms with E-state index in [1.165, 1.54) is 0 Å². The smallest absolute Gasteiger partial charge is 0.308 e. The fourth-order valence-corrected chi connectivity index (χ4v) is 5.93. The van der Waals surface area contributed by atoms with Crippen molar-refractivity contribution in [2.24, 2.45) is 5.92 Å². The molecule has 1 fully saturated rings. The summed E-state index contributed by atoms with van der Waals surface area (Å²) < 4.78 is 36.8. The van der Waals surface area contributed by atoms with Gasteiger partial charge >= 0.3 is 5.97 Å². The summed E-state index contributed by atoms with van der Waals surface area (Å²) in [6.07, 6.45) is 5.11. The van der Waals surface area contributed by atoms with Gasteiger partial charge in [-0.3, -0.25) is 14.5 Å². The summed E-state index contributed by atoms with van der Waals surface area (Å²) in [5.74, 6) is -1.01. The first-order valence-electron chi connectivity index (χ1n) is 13.7. The van der Waals surface area contributed by atoms with Crippen molar-refractivity contribution in [3.63, 3.8) is 0 Å². The van der Waals surface area contributed by atoms with E-state index in [9.17, 15) is 23.1 Å². The molecule has 11 nitrogen and oxygen atoms in total. The summed E-state index contributed by atoms with van der Waals surface area (Å²) in [5, 5.41) is 10.3. The van der Waals surface area contributed by atoms with E-state index >= 15 is 0 Å². The Balaban J connectivity index is 1.81. The maximum absolute atomic E-state index is 13.6. The van der Waals surface area contributed by atoms with Crippen LogP contribution in [0.15, 0.2) is 18.2 Å². The number of hydrogen-bond acceptors (Lipinski definition) is 8. The fraction of sp³-hybridized carbons (Fsp3) is 0.704. The number of carbonyl (C=O) groups excluding carboxylic acids is 1. The Morgan fingerprint density at radius 1 is 1.10 bits per heavy atom. The Bertz CT molecular complexity index is 1080.